The van der Waals surface area contributed by atoms with Crippen LogP contribution in [0.4, 0.5) is 0 Å². The van der Waals surface area contributed by atoms with Gasteiger partial charge >= 0.3 is 0 Å². The molecule has 0 aromatic carbocycles. The molecule has 1 heterocycles. The molecule has 0 saturated heterocycles. The Balaban J connectivity index is 1.81. The zero-order chi connectivity index (χ0) is 20.4. The van der Waals surface area contributed by atoms with Crippen LogP contribution in [0.1, 0.15) is 70.2 Å². The fourth-order valence-electron chi connectivity index (χ4n) is 3.12. The molecule has 160 valence electrons. The van der Waals surface area contributed by atoms with Crippen LogP contribution in [0.3, 0.4) is 0 Å². The topological polar surface area (TPSA) is 109 Å². The Morgan fingerprint density at radius 3 is 2.64 bits per heavy atom. The maximum Gasteiger partial charge on any atom is 0.213 e. The first-order chi connectivity index (χ1) is 13.5. The lowest BCUT2D eigenvalue weighted by molar-refractivity contribution is 0.316. The van der Waals surface area contributed by atoms with Crippen LogP contribution >= 0.6 is 0 Å². The van der Waals surface area contributed by atoms with E-state index in [4.69, 9.17) is 4.52 Å². The van der Waals surface area contributed by atoms with Crippen molar-refractivity contribution in [2.75, 3.05) is 25.4 Å². The summed E-state index contributed by atoms with van der Waals surface area (Å²) in [6.45, 7) is 8.14. The Labute approximate surface area is 169 Å². The molecule has 1 fully saturated rings. The third-order valence-corrected chi connectivity index (χ3v) is 6.55. The molecular weight excluding hydrogens is 378 g/mol. The first-order valence-electron chi connectivity index (χ1n) is 10.4. The van der Waals surface area contributed by atoms with E-state index in [1.54, 1.807) is 0 Å². The van der Waals surface area contributed by atoms with E-state index < -0.39 is 10.0 Å². The molecule has 0 atom stereocenters. The van der Waals surface area contributed by atoms with E-state index in [2.05, 4.69) is 39.4 Å². The van der Waals surface area contributed by atoms with Gasteiger partial charge in [-0.15, -0.1) is 0 Å². The normalized spacial score (nSPS) is 15.6. The molecule has 0 spiro atoms. The lowest BCUT2D eigenvalue weighted by atomic mass is 9.86. The highest BCUT2D eigenvalue weighted by atomic mass is 32.2. The van der Waals surface area contributed by atoms with Gasteiger partial charge in [0, 0.05) is 31.6 Å². The molecule has 28 heavy (non-hydrogen) atoms. The summed E-state index contributed by atoms with van der Waals surface area (Å²) in [5.41, 5.74) is 0.969. The molecule has 0 unspecified atom stereocenters. The first kappa shape index (κ1) is 22.7. The van der Waals surface area contributed by atoms with Crippen LogP contribution in [0, 0.1) is 5.92 Å². The number of hydrogen-bond donors (Lipinski definition) is 3. The van der Waals surface area contributed by atoms with Gasteiger partial charge in [0.2, 0.25) is 10.0 Å². The smallest absolute Gasteiger partial charge is 0.213 e. The maximum atomic E-state index is 12.1. The van der Waals surface area contributed by atoms with E-state index in [0.717, 1.165) is 31.4 Å². The third-order valence-electron chi connectivity index (χ3n) is 5.20. The van der Waals surface area contributed by atoms with Crippen molar-refractivity contribution in [1.29, 1.82) is 0 Å². The number of nitrogens with zero attached hydrogens (tertiary/aromatic N) is 2. The predicted molar refractivity (Wildman–Crippen MR) is 112 cm³/mol. The number of nitrogens with one attached hydrogen (secondary N) is 3. The summed E-state index contributed by atoms with van der Waals surface area (Å²) >= 11 is 0. The molecule has 1 aliphatic carbocycles. The summed E-state index contributed by atoms with van der Waals surface area (Å²) in [4.78, 5) is 4.47. The largest absolute Gasteiger partial charge is 0.359 e. The SMILES string of the molecule is CCNC(=NCc1cc(C(CC)CC)no1)NCCS(=O)(=O)NCC1CCC1. The van der Waals surface area contributed by atoms with Crippen molar-refractivity contribution in [3.8, 4) is 0 Å². The van der Waals surface area contributed by atoms with E-state index in [0.29, 0.717) is 49.7 Å². The monoisotopic (exact) mass is 413 g/mol. The van der Waals surface area contributed by atoms with Crippen LogP contribution in [0.15, 0.2) is 15.6 Å². The highest BCUT2D eigenvalue weighted by Gasteiger charge is 2.20. The van der Waals surface area contributed by atoms with Crippen LogP contribution < -0.4 is 15.4 Å². The number of aliphatic imine (C=N–C) groups is 1. The number of guanidine groups is 1. The number of sulfonamides is 1. The molecule has 1 aromatic heterocycles. The third kappa shape index (κ3) is 7.43. The summed E-state index contributed by atoms with van der Waals surface area (Å²) in [6, 6.07) is 1.96. The second kappa shape index (κ2) is 11.4. The molecule has 3 N–H and O–H groups in total. The lowest BCUT2D eigenvalue weighted by Gasteiger charge is -2.25. The van der Waals surface area contributed by atoms with Crippen LogP contribution in [0.25, 0.3) is 0 Å². The molecule has 0 amide bonds. The van der Waals surface area contributed by atoms with Crippen molar-refractivity contribution < 1.29 is 12.9 Å². The molecular formula is C19H35N5O3S. The number of rotatable bonds is 12. The van der Waals surface area contributed by atoms with E-state index in [9.17, 15) is 8.42 Å². The van der Waals surface area contributed by atoms with Gasteiger partial charge in [0.1, 0.15) is 6.54 Å². The van der Waals surface area contributed by atoms with Gasteiger partial charge in [-0.25, -0.2) is 18.1 Å². The fourth-order valence-corrected chi connectivity index (χ4v) is 4.12. The Hall–Kier alpha value is -1.61. The van der Waals surface area contributed by atoms with Gasteiger partial charge in [-0.1, -0.05) is 25.4 Å². The van der Waals surface area contributed by atoms with Gasteiger partial charge < -0.3 is 15.2 Å². The van der Waals surface area contributed by atoms with Gasteiger partial charge in [-0.2, -0.15) is 0 Å². The molecule has 2 rings (SSSR count). The number of hydrogen-bond acceptors (Lipinski definition) is 5. The number of aromatic nitrogens is 1. The zero-order valence-electron chi connectivity index (χ0n) is 17.3. The van der Waals surface area contributed by atoms with Crippen molar-refractivity contribution in [3.05, 3.63) is 17.5 Å². The van der Waals surface area contributed by atoms with Gasteiger partial charge in [0.15, 0.2) is 11.7 Å². The molecule has 9 heteroatoms. The zero-order valence-corrected chi connectivity index (χ0v) is 18.1. The van der Waals surface area contributed by atoms with Gasteiger partial charge in [-0.3, -0.25) is 0 Å². The fraction of sp³-hybridized carbons (Fsp3) is 0.789. The van der Waals surface area contributed by atoms with Crippen LogP contribution in [-0.4, -0.2) is 44.9 Å². The summed E-state index contributed by atoms with van der Waals surface area (Å²) in [6.07, 6.45) is 5.51. The highest BCUT2D eigenvalue weighted by molar-refractivity contribution is 7.89. The molecule has 1 aliphatic rings. The van der Waals surface area contributed by atoms with Gasteiger partial charge in [0.05, 0.1) is 11.4 Å². The summed E-state index contributed by atoms with van der Waals surface area (Å²) in [5.74, 6) is 2.20. The molecule has 0 aliphatic heterocycles. The van der Waals surface area contributed by atoms with Crippen molar-refractivity contribution in [2.45, 2.75) is 65.3 Å². The second-order valence-electron chi connectivity index (χ2n) is 7.32. The minimum absolute atomic E-state index is 0.0191. The van der Waals surface area contributed by atoms with Crippen LogP contribution in [0.2, 0.25) is 0 Å². The average molecular weight is 414 g/mol. The second-order valence-corrected chi connectivity index (χ2v) is 9.24. The van der Waals surface area contributed by atoms with Crippen molar-refractivity contribution in [2.24, 2.45) is 10.9 Å². The summed E-state index contributed by atoms with van der Waals surface area (Å²) in [5, 5.41) is 10.3. The van der Waals surface area contributed by atoms with E-state index in [1.807, 2.05) is 13.0 Å². The Bertz CT molecular complexity index is 709. The average Bonchev–Trinajstić information content (AvgIpc) is 3.08. The maximum absolute atomic E-state index is 12.1. The Kier molecular flexibility index (Phi) is 9.24. The van der Waals surface area contributed by atoms with Crippen molar-refractivity contribution in [1.82, 2.24) is 20.5 Å². The molecule has 0 bridgehead atoms. The van der Waals surface area contributed by atoms with Gasteiger partial charge in [-0.05, 0) is 38.5 Å². The van der Waals surface area contributed by atoms with E-state index in [1.165, 1.54) is 6.42 Å². The Morgan fingerprint density at radius 1 is 1.29 bits per heavy atom. The minimum Gasteiger partial charge on any atom is -0.359 e. The lowest BCUT2D eigenvalue weighted by Crippen LogP contribution is -2.42. The molecule has 0 radical (unpaired) electrons. The quantitative estimate of drug-likeness (QED) is 0.358. The highest BCUT2D eigenvalue weighted by Crippen LogP contribution is 2.25. The van der Waals surface area contributed by atoms with E-state index in [-0.39, 0.29) is 5.75 Å². The molecule has 8 nitrogen and oxygen atoms in total. The molecule has 1 saturated carbocycles. The first-order valence-corrected chi connectivity index (χ1v) is 12.1. The van der Waals surface area contributed by atoms with Crippen molar-refractivity contribution in [3.63, 3.8) is 0 Å². The molecule has 1 aromatic rings. The van der Waals surface area contributed by atoms with E-state index >= 15 is 0 Å². The van der Waals surface area contributed by atoms with Crippen molar-refractivity contribution >= 4 is 16.0 Å². The predicted octanol–water partition coefficient (Wildman–Crippen LogP) is 2.35. The van der Waals surface area contributed by atoms with Gasteiger partial charge in [0.25, 0.3) is 0 Å². The Morgan fingerprint density at radius 2 is 2.04 bits per heavy atom. The standard InChI is InChI=1S/C19H35N5O3S/c1-4-16(5-2)18-12-17(27-24-18)14-22-19(20-6-3)21-10-11-28(25,26)23-13-15-8-7-9-15/h12,15-16,23H,4-11,13-14H2,1-3H3,(H2,20,21,22). The minimum atomic E-state index is -3.27. The van der Waals surface area contributed by atoms with Crippen LogP contribution in [0.5, 0.6) is 0 Å². The summed E-state index contributed by atoms with van der Waals surface area (Å²) in [7, 11) is -3.27. The summed E-state index contributed by atoms with van der Waals surface area (Å²) < 4.78 is 32.3. The van der Waals surface area contributed by atoms with Crippen LogP contribution in [-0.2, 0) is 16.6 Å².